The molecule has 0 fully saturated rings. The van der Waals surface area contributed by atoms with Gasteiger partial charge in [-0.2, -0.15) is 0 Å². The number of hydrogen-bond donors (Lipinski definition) is 3. The molecular weight excluding hydrogens is 517 g/mol. The van der Waals surface area contributed by atoms with Crippen LogP contribution in [0, 0.1) is 9.49 Å². The molecule has 172 valence electrons. The number of ether oxygens (including phenoxy) is 2. The van der Waals surface area contributed by atoms with Gasteiger partial charge in [0, 0.05) is 9.26 Å². The molecular formula is C21H30IN3O6. The number of alkyl carbamates (subject to hydrolysis) is 1. The predicted octanol–water partition coefficient (Wildman–Crippen LogP) is 3.07. The standard InChI is InChI=1S/C21H30IN3O6/c1-11(2)16(25-20(29)31-21(4,5)6)18(27)23-12(3)17(26)24-13-8-9-15(22)14(10-13)19(28)30-7/h8-12,16H,1-7H3,(H,23,27)(H,24,26)(H,25,29). The van der Waals surface area contributed by atoms with Gasteiger partial charge >= 0.3 is 12.1 Å². The number of halogens is 1. The van der Waals surface area contributed by atoms with Crippen molar-refractivity contribution in [3.63, 3.8) is 0 Å². The predicted molar refractivity (Wildman–Crippen MR) is 125 cm³/mol. The van der Waals surface area contributed by atoms with E-state index in [0.717, 1.165) is 0 Å². The molecule has 0 aliphatic heterocycles. The van der Waals surface area contributed by atoms with Gasteiger partial charge in [0.05, 0.1) is 12.7 Å². The number of methoxy groups -OCH3 is 1. The van der Waals surface area contributed by atoms with Crippen molar-refractivity contribution < 1.29 is 28.7 Å². The first-order valence-corrected chi connectivity index (χ1v) is 10.8. The van der Waals surface area contributed by atoms with Crippen molar-refractivity contribution in [1.82, 2.24) is 10.6 Å². The number of esters is 1. The molecule has 0 saturated heterocycles. The minimum Gasteiger partial charge on any atom is -0.465 e. The maximum atomic E-state index is 12.7. The third kappa shape index (κ3) is 8.72. The summed E-state index contributed by atoms with van der Waals surface area (Å²) in [4.78, 5) is 49.1. The second-order valence-electron chi connectivity index (χ2n) is 8.27. The van der Waals surface area contributed by atoms with Gasteiger partial charge in [0.2, 0.25) is 11.8 Å². The Balaban J connectivity index is 2.80. The molecule has 31 heavy (non-hydrogen) atoms. The number of amides is 3. The van der Waals surface area contributed by atoms with E-state index < -0.39 is 41.6 Å². The van der Waals surface area contributed by atoms with Gasteiger partial charge in [0.25, 0.3) is 0 Å². The Bertz CT molecular complexity index is 835. The van der Waals surface area contributed by atoms with Crippen LogP contribution in [0.25, 0.3) is 0 Å². The SMILES string of the molecule is COC(=O)c1cc(NC(=O)C(C)NC(=O)C(NC(=O)OC(C)(C)C)C(C)C)ccc1I. The van der Waals surface area contributed by atoms with E-state index in [0.29, 0.717) is 14.8 Å². The largest absolute Gasteiger partial charge is 0.465 e. The van der Waals surface area contributed by atoms with Gasteiger partial charge in [0.15, 0.2) is 0 Å². The number of anilines is 1. The lowest BCUT2D eigenvalue weighted by Crippen LogP contribution is -2.54. The first-order chi connectivity index (χ1) is 14.2. The van der Waals surface area contributed by atoms with E-state index in [-0.39, 0.29) is 5.92 Å². The van der Waals surface area contributed by atoms with E-state index in [1.807, 2.05) is 22.6 Å². The highest BCUT2D eigenvalue weighted by molar-refractivity contribution is 14.1. The van der Waals surface area contributed by atoms with Crippen LogP contribution in [0.1, 0.15) is 51.9 Å². The van der Waals surface area contributed by atoms with Crippen LogP contribution >= 0.6 is 22.6 Å². The van der Waals surface area contributed by atoms with E-state index in [9.17, 15) is 19.2 Å². The highest BCUT2D eigenvalue weighted by atomic mass is 127. The number of hydrogen-bond acceptors (Lipinski definition) is 6. The Morgan fingerprint density at radius 2 is 1.61 bits per heavy atom. The molecule has 0 bridgehead atoms. The van der Waals surface area contributed by atoms with Crippen LogP contribution in [0.15, 0.2) is 18.2 Å². The molecule has 0 aliphatic carbocycles. The number of rotatable bonds is 7. The molecule has 0 aromatic heterocycles. The molecule has 2 atom stereocenters. The van der Waals surface area contributed by atoms with Crippen LogP contribution in [-0.2, 0) is 19.1 Å². The molecule has 0 heterocycles. The van der Waals surface area contributed by atoms with Crippen molar-refractivity contribution in [2.75, 3.05) is 12.4 Å². The summed E-state index contributed by atoms with van der Waals surface area (Å²) in [5.74, 6) is -1.75. The first kappa shape index (κ1) is 26.7. The van der Waals surface area contributed by atoms with Crippen molar-refractivity contribution in [3.05, 3.63) is 27.3 Å². The second kappa shape index (κ2) is 11.3. The van der Waals surface area contributed by atoms with E-state index in [1.165, 1.54) is 20.1 Å². The third-order valence-corrected chi connectivity index (χ3v) is 4.95. The molecule has 0 radical (unpaired) electrons. The van der Waals surface area contributed by atoms with Gasteiger partial charge < -0.3 is 25.4 Å². The first-order valence-electron chi connectivity index (χ1n) is 9.73. The second-order valence-corrected chi connectivity index (χ2v) is 9.44. The minimum absolute atomic E-state index is 0.235. The van der Waals surface area contributed by atoms with E-state index in [4.69, 9.17) is 9.47 Å². The lowest BCUT2D eigenvalue weighted by molar-refractivity contribution is -0.128. The Kier molecular flexibility index (Phi) is 9.72. The van der Waals surface area contributed by atoms with Crippen LogP contribution < -0.4 is 16.0 Å². The zero-order valence-electron chi connectivity index (χ0n) is 18.8. The summed E-state index contributed by atoms with van der Waals surface area (Å²) < 4.78 is 10.6. The van der Waals surface area contributed by atoms with Crippen LogP contribution in [0.4, 0.5) is 10.5 Å². The number of carbonyl (C=O) groups is 4. The van der Waals surface area contributed by atoms with Crippen molar-refractivity contribution in [1.29, 1.82) is 0 Å². The normalized spacial score (nSPS) is 13.1. The third-order valence-electron chi connectivity index (χ3n) is 4.01. The van der Waals surface area contributed by atoms with Gasteiger partial charge in [-0.1, -0.05) is 13.8 Å². The van der Waals surface area contributed by atoms with Crippen LogP contribution in [-0.4, -0.2) is 48.7 Å². The fraction of sp³-hybridized carbons (Fsp3) is 0.524. The lowest BCUT2D eigenvalue weighted by atomic mass is 10.0. The molecule has 1 aromatic rings. The summed E-state index contributed by atoms with van der Waals surface area (Å²) in [6, 6.07) is 3.04. The zero-order valence-corrected chi connectivity index (χ0v) is 20.9. The fourth-order valence-corrected chi connectivity index (χ4v) is 3.01. The molecule has 2 unspecified atom stereocenters. The summed E-state index contributed by atoms with van der Waals surface area (Å²) >= 11 is 1.99. The maximum absolute atomic E-state index is 12.7. The van der Waals surface area contributed by atoms with Crippen molar-refractivity contribution in [3.8, 4) is 0 Å². The molecule has 3 N–H and O–H groups in total. The zero-order chi connectivity index (χ0) is 23.9. The van der Waals surface area contributed by atoms with Crippen molar-refractivity contribution in [2.24, 2.45) is 5.92 Å². The summed E-state index contributed by atoms with van der Waals surface area (Å²) in [6.45, 7) is 10.2. The Morgan fingerprint density at radius 3 is 2.13 bits per heavy atom. The van der Waals surface area contributed by atoms with E-state index >= 15 is 0 Å². The van der Waals surface area contributed by atoms with Gasteiger partial charge in [-0.15, -0.1) is 0 Å². The summed E-state index contributed by atoms with van der Waals surface area (Å²) in [6.07, 6.45) is -0.715. The average Bonchev–Trinajstić information content (AvgIpc) is 2.65. The van der Waals surface area contributed by atoms with Crippen molar-refractivity contribution in [2.45, 2.75) is 59.2 Å². The average molecular weight is 547 g/mol. The molecule has 3 amide bonds. The Hall–Kier alpha value is -2.37. The van der Waals surface area contributed by atoms with E-state index in [1.54, 1.807) is 46.8 Å². The molecule has 1 aromatic carbocycles. The smallest absolute Gasteiger partial charge is 0.408 e. The van der Waals surface area contributed by atoms with Gasteiger partial charge in [-0.25, -0.2) is 9.59 Å². The molecule has 0 aliphatic rings. The molecule has 0 spiro atoms. The summed E-state index contributed by atoms with van der Waals surface area (Å²) in [5, 5.41) is 7.79. The quantitative estimate of drug-likeness (QED) is 0.356. The van der Waals surface area contributed by atoms with Crippen LogP contribution in [0.3, 0.4) is 0 Å². The highest BCUT2D eigenvalue weighted by Gasteiger charge is 2.29. The van der Waals surface area contributed by atoms with Crippen LogP contribution in [0.5, 0.6) is 0 Å². The fourth-order valence-electron chi connectivity index (χ4n) is 2.46. The summed E-state index contributed by atoms with van der Waals surface area (Å²) in [5.41, 5.74) is 0.00413. The van der Waals surface area contributed by atoms with Crippen molar-refractivity contribution >= 4 is 52.2 Å². The number of nitrogens with one attached hydrogen (secondary N) is 3. The Morgan fingerprint density at radius 1 is 1.00 bits per heavy atom. The molecule has 1 rings (SSSR count). The van der Waals surface area contributed by atoms with Gasteiger partial charge in [-0.05, 0) is 74.4 Å². The number of carbonyl (C=O) groups excluding carboxylic acids is 4. The molecule has 10 heteroatoms. The lowest BCUT2D eigenvalue weighted by Gasteiger charge is -2.26. The summed E-state index contributed by atoms with van der Waals surface area (Å²) in [7, 11) is 1.28. The van der Waals surface area contributed by atoms with E-state index in [2.05, 4.69) is 16.0 Å². The van der Waals surface area contributed by atoms with Gasteiger partial charge in [-0.3, -0.25) is 9.59 Å². The topological polar surface area (TPSA) is 123 Å². The van der Waals surface area contributed by atoms with Gasteiger partial charge in [0.1, 0.15) is 17.7 Å². The monoisotopic (exact) mass is 547 g/mol. The highest BCUT2D eigenvalue weighted by Crippen LogP contribution is 2.19. The molecule has 0 saturated carbocycles. The molecule has 9 nitrogen and oxygen atoms in total. The van der Waals surface area contributed by atoms with Crippen LogP contribution in [0.2, 0.25) is 0 Å². The number of benzene rings is 1. The minimum atomic E-state index is -0.893. The Labute approximate surface area is 196 Å². The maximum Gasteiger partial charge on any atom is 0.408 e.